The average molecular weight is 255 g/mol. The van der Waals surface area contributed by atoms with Crippen LogP contribution in [0.4, 0.5) is 0 Å². The van der Waals surface area contributed by atoms with Gasteiger partial charge in [-0.25, -0.2) is 4.98 Å². The van der Waals surface area contributed by atoms with Crippen molar-refractivity contribution in [1.82, 2.24) is 14.9 Å². The first-order valence-corrected chi connectivity index (χ1v) is 7.96. The molecular formula is C13H25N3S. The third kappa shape index (κ3) is 6.74. The van der Waals surface area contributed by atoms with E-state index in [1.54, 1.807) is 0 Å². The third-order valence-electron chi connectivity index (χ3n) is 2.76. The van der Waals surface area contributed by atoms with Gasteiger partial charge >= 0.3 is 0 Å². The van der Waals surface area contributed by atoms with Gasteiger partial charge in [0, 0.05) is 19.3 Å². The Hall–Kier alpha value is -0.480. The number of unbranched alkanes of at least 4 members (excludes halogenated alkanes) is 3. The van der Waals surface area contributed by atoms with E-state index in [0.717, 1.165) is 25.3 Å². The summed E-state index contributed by atoms with van der Waals surface area (Å²) in [6.45, 7) is 5.11. The number of aromatic nitrogens is 2. The van der Waals surface area contributed by atoms with Gasteiger partial charge in [-0.2, -0.15) is 11.8 Å². The first-order valence-electron chi connectivity index (χ1n) is 6.57. The Balaban J connectivity index is 2.08. The highest BCUT2D eigenvalue weighted by Gasteiger charge is 1.97. The second-order valence-electron chi connectivity index (χ2n) is 4.29. The van der Waals surface area contributed by atoms with Crippen LogP contribution < -0.4 is 5.32 Å². The van der Waals surface area contributed by atoms with Crippen molar-refractivity contribution in [1.29, 1.82) is 0 Å². The van der Waals surface area contributed by atoms with Crippen LogP contribution in [-0.2, 0) is 13.1 Å². The smallest absolute Gasteiger partial charge is 0.0949 e. The van der Waals surface area contributed by atoms with Gasteiger partial charge in [-0.3, -0.25) is 0 Å². The average Bonchev–Trinajstić information content (AvgIpc) is 2.79. The van der Waals surface area contributed by atoms with Crippen LogP contribution >= 0.6 is 11.8 Å². The molecule has 98 valence electrons. The van der Waals surface area contributed by atoms with Crippen LogP contribution in [0.1, 0.15) is 38.3 Å². The molecular weight excluding hydrogens is 230 g/mol. The molecule has 1 N–H and O–H groups in total. The minimum absolute atomic E-state index is 0.886. The number of thioether (sulfide) groups is 1. The number of hydrogen-bond donors (Lipinski definition) is 1. The molecule has 0 unspecified atom stereocenters. The van der Waals surface area contributed by atoms with E-state index in [9.17, 15) is 0 Å². The molecule has 0 aliphatic rings. The molecule has 17 heavy (non-hydrogen) atoms. The maximum Gasteiger partial charge on any atom is 0.0949 e. The number of nitrogens with one attached hydrogen (secondary N) is 1. The summed E-state index contributed by atoms with van der Waals surface area (Å²) >= 11 is 1.94. The van der Waals surface area contributed by atoms with Crippen molar-refractivity contribution in [2.24, 2.45) is 0 Å². The molecule has 4 heteroatoms. The Morgan fingerprint density at radius 1 is 1.29 bits per heavy atom. The lowest BCUT2D eigenvalue weighted by molar-refractivity contribution is 0.583. The van der Waals surface area contributed by atoms with Crippen molar-refractivity contribution in [3.63, 3.8) is 0 Å². The second kappa shape index (κ2) is 9.54. The summed E-state index contributed by atoms with van der Waals surface area (Å²) in [7, 11) is 0. The Bertz CT molecular complexity index is 286. The molecule has 0 aliphatic carbocycles. The van der Waals surface area contributed by atoms with Crippen molar-refractivity contribution >= 4 is 11.8 Å². The fraction of sp³-hybridized carbons (Fsp3) is 0.769. The molecule has 0 saturated heterocycles. The van der Waals surface area contributed by atoms with Gasteiger partial charge < -0.3 is 9.88 Å². The third-order valence-corrected chi connectivity index (χ3v) is 3.45. The van der Waals surface area contributed by atoms with Crippen molar-refractivity contribution in [3.8, 4) is 0 Å². The lowest BCUT2D eigenvalue weighted by atomic mass is 10.2. The number of hydrogen-bond acceptors (Lipinski definition) is 3. The van der Waals surface area contributed by atoms with E-state index in [-0.39, 0.29) is 0 Å². The van der Waals surface area contributed by atoms with Gasteiger partial charge in [0.1, 0.15) is 0 Å². The van der Waals surface area contributed by atoms with E-state index in [0.29, 0.717) is 0 Å². The summed E-state index contributed by atoms with van der Waals surface area (Å²) in [5.74, 6) is 1.30. The van der Waals surface area contributed by atoms with Crippen LogP contribution in [0.3, 0.4) is 0 Å². The fourth-order valence-electron chi connectivity index (χ4n) is 1.77. The van der Waals surface area contributed by atoms with Crippen molar-refractivity contribution in [2.45, 2.75) is 45.7 Å². The molecule has 0 bridgehead atoms. The summed E-state index contributed by atoms with van der Waals surface area (Å²) < 4.78 is 2.21. The zero-order valence-electron chi connectivity index (χ0n) is 11.1. The van der Waals surface area contributed by atoms with Crippen LogP contribution in [0.5, 0.6) is 0 Å². The molecule has 0 spiro atoms. The minimum atomic E-state index is 0.886. The predicted octanol–water partition coefficient (Wildman–Crippen LogP) is 2.92. The van der Waals surface area contributed by atoms with E-state index in [4.69, 9.17) is 0 Å². The van der Waals surface area contributed by atoms with Gasteiger partial charge in [0.2, 0.25) is 0 Å². The lowest BCUT2D eigenvalue weighted by Crippen LogP contribution is -2.11. The summed E-state index contributed by atoms with van der Waals surface area (Å²) in [4.78, 5) is 4.38. The molecule has 0 aromatic carbocycles. The Kier molecular flexibility index (Phi) is 8.18. The minimum Gasteiger partial charge on any atom is -0.337 e. The van der Waals surface area contributed by atoms with Crippen molar-refractivity contribution < 1.29 is 0 Å². The van der Waals surface area contributed by atoms with E-state index >= 15 is 0 Å². The number of imidazole rings is 1. The van der Waals surface area contributed by atoms with Crippen molar-refractivity contribution in [3.05, 3.63) is 18.2 Å². The summed E-state index contributed by atoms with van der Waals surface area (Å²) in [6.07, 6.45) is 11.6. The van der Waals surface area contributed by atoms with Gasteiger partial charge in [-0.15, -0.1) is 0 Å². The predicted molar refractivity (Wildman–Crippen MR) is 76.5 cm³/mol. The zero-order valence-corrected chi connectivity index (χ0v) is 11.9. The normalized spacial score (nSPS) is 10.9. The molecule has 0 amide bonds. The number of rotatable bonds is 10. The highest BCUT2D eigenvalue weighted by atomic mass is 32.2. The van der Waals surface area contributed by atoms with E-state index in [1.165, 1.54) is 31.4 Å². The quantitative estimate of drug-likeness (QED) is 0.652. The Morgan fingerprint density at radius 3 is 2.88 bits per heavy atom. The highest BCUT2D eigenvalue weighted by Crippen LogP contribution is 2.06. The fourth-order valence-corrected chi connectivity index (χ4v) is 2.26. The maximum atomic E-state index is 4.38. The molecule has 0 radical (unpaired) electrons. The maximum absolute atomic E-state index is 4.38. The zero-order chi connectivity index (χ0) is 12.3. The van der Waals surface area contributed by atoms with Crippen LogP contribution in [0.25, 0.3) is 0 Å². The first-order chi connectivity index (χ1) is 8.36. The van der Waals surface area contributed by atoms with Gasteiger partial charge in [0.05, 0.1) is 12.0 Å². The second-order valence-corrected chi connectivity index (χ2v) is 5.28. The summed E-state index contributed by atoms with van der Waals surface area (Å²) in [5, 5.41) is 3.29. The molecule has 1 heterocycles. The Morgan fingerprint density at radius 2 is 2.12 bits per heavy atom. The summed E-state index contributed by atoms with van der Waals surface area (Å²) in [6, 6.07) is 0. The molecule has 1 rings (SSSR count). The van der Waals surface area contributed by atoms with E-state index < -0.39 is 0 Å². The van der Waals surface area contributed by atoms with Gasteiger partial charge in [0.15, 0.2) is 0 Å². The highest BCUT2D eigenvalue weighted by molar-refractivity contribution is 7.98. The van der Waals surface area contributed by atoms with Crippen LogP contribution in [0.2, 0.25) is 0 Å². The molecule has 3 nitrogen and oxygen atoms in total. The Labute approximate surface area is 109 Å². The molecule has 1 aromatic heterocycles. The van der Waals surface area contributed by atoms with Gasteiger partial charge in [0.25, 0.3) is 0 Å². The molecule has 0 atom stereocenters. The molecule has 0 aliphatic heterocycles. The lowest BCUT2D eigenvalue weighted by Gasteiger charge is -2.02. The largest absolute Gasteiger partial charge is 0.337 e. The van der Waals surface area contributed by atoms with Crippen LogP contribution in [0.15, 0.2) is 12.5 Å². The van der Waals surface area contributed by atoms with E-state index in [1.807, 2.05) is 18.1 Å². The number of aryl methyl sites for hydroxylation is 1. The topological polar surface area (TPSA) is 29.9 Å². The first kappa shape index (κ1) is 14.6. The number of nitrogens with zero attached hydrogens (tertiary/aromatic N) is 2. The SMILES string of the molecule is CCNCc1cn(CCCCCCSC)cn1. The van der Waals surface area contributed by atoms with Gasteiger partial charge in [-0.05, 0) is 31.4 Å². The molecule has 0 fully saturated rings. The van der Waals surface area contributed by atoms with Crippen LogP contribution in [0, 0.1) is 0 Å². The monoisotopic (exact) mass is 255 g/mol. The van der Waals surface area contributed by atoms with Crippen LogP contribution in [-0.4, -0.2) is 28.1 Å². The summed E-state index contributed by atoms with van der Waals surface area (Å²) in [5.41, 5.74) is 1.15. The van der Waals surface area contributed by atoms with E-state index in [2.05, 4.69) is 34.2 Å². The van der Waals surface area contributed by atoms with Gasteiger partial charge in [-0.1, -0.05) is 19.8 Å². The molecule has 1 aromatic rings. The molecule has 0 saturated carbocycles. The standard InChI is InChI=1S/C13H25N3S/c1-3-14-10-13-11-16(12-15-13)8-6-4-5-7-9-17-2/h11-12,14H,3-10H2,1-2H3. The van der Waals surface area contributed by atoms with Crippen molar-refractivity contribution in [2.75, 3.05) is 18.6 Å².